The Morgan fingerprint density at radius 1 is 1.19 bits per heavy atom. The van der Waals surface area contributed by atoms with E-state index in [0.29, 0.717) is 6.54 Å². The van der Waals surface area contributed by atoms with E-state index in [1.54, 1.807) is 12.3 Å². The Bertz CT molecular complexity index is 646. The zero-order chi connectivity index (χ0) is 15.2. The van der Waals surface area contributed by atoms with E-state index < -0.39 is 5.97 Å². The third-order valence-corrected chi connectivity index (χ3v) is 3.34. The molecule has 0 aliphatic carbocycles. The molecule has 110 valence electrons. The molecule has 1 aromatic heterocycles. The molecule has 0 aliphatic heterocycles. The summed E-state index contributed by atoms with van der Waals surface area (Å²) in [5, 5.41) is 11.8. The quantitative estimate of drug-likeness (QED) is 0.851. The van der Waals surface area contributed by atoms with Gasteiger partial charge in [-0.25, -0.2) is 4.79 Å². The number of hydrogen-bond donors (Lipinski definition) is 2. The van der Waals surface area contributed by atoms with Crippen molar-refractivity contribution in [2.75, 3.05) is 6.54 Å². The minimum absolute atomic E-state index is 0.0163. The molecule has 0 aliphatic rings. The van der Waals surface area contributed by atoms with Crippen LogP contribution in [0.25, 0.3) is 0 Å². The fourth-order valence-corrected chi connectivity index (χ4v) is 2.18. The lowest BCUT2D eigenvalue weighted by molar-refractivity contribution is -0.121. The van der Waals surface area contributed by atoms with E-state index in [4.69, 9.17) is 5.11 Å². The van der Waals surface area contributed by atoms with E-state index >= 15 is 0 Å². The number of aromatic carboxylic acids is 1. The first-order valence-electron chi connectivity index (χ1n) is 6.77. The molecule has 21 heavy (non-hydrogen) atoms. The summed E-state index contributed by atoms with van der Waals surface area (Å²) in [6.45, 7) is 2.59. The molecule has 2 rings (SSSR count). The van der Waals surface area contributed by atoms with E-state index in [1.807, 2.05) is 31.2 Å². The number of nitrogens with one attached hydrogen (secondary N) is 1. The molecule has 1 heterocycles. The Kier molecular flexibility index (Phi) is 4.77. The molecule has 2 aromatic rings. The highest BCUT2D eigenvalue weighted by Gasteiger charge is 2.11. The molecule has 5 heteroatoms. The number of amides is 1. The molecule has 1 amide bonds. The summed E-state index contributed by atoms with van der Waals surface area (Å²) in [6.07, 6.45) is 2.35. The number of hydrogen-bond acceptors (Lipinski definition) is 2. The summed E-state index contributed by atoms with van der Waals surface area (Å²) in [5.74, 6) is -1.23. The highest BCUT2D eigenvalue weighted by molar-refractivity contribution is 5.86. The van der Waals surface area contributed by atoms with Gasteiger partial charge in [-0.3, -0.25) is 4.79 Å². The SMILES string of the molecule is Cc1ccccc1CCNC(=O)Cn1cccc1C(=O)O. The van der Waals surface area contributed by atoms with Crippen molar-refractivity contribution >= 4 is 11.9 Å². The second-order valence-electron chi connectivity index (χ2n) is 4.85. The van der Waals surface area contributed by atoms with Gasteiger partial charge in [0.1, 0.15) is 12.2 Å². The molecule has 5 nitrogen and oxygen atoms in total. The first-order chi connectivity index (χ1) is 10.1. The molecule has 0 bridgehead atoms. The van der Waals surface area contributed by atoms with Gasteiger partial charge in [-0.2, -0.15) is 0 Å². The number of aryl methyl sites for hydroxylation is 1. The van der Waals surface area contributed by atoms with Crippen LogP contribution in [0, 0.1) is 6.92 Å². The van der Waals surface area contributed by atoms with Crippen LogP contribution in [0.15, 0.2) is 42.6 Å². The van der Waals surface area contributed by atoms with Gasteiger partial charge < -0.3 is 15.0 Å². The third-order valence-electron chi connectivity index (χ3n) is 3.34. The molecule has 2 N–H and O–H groups in total. The van der Waals surface area contributed by atoms with Gasteiger partial charge in [0.25, 0.3) is 0 Å². The number of carboxylic acid groups (broad SMARTS) is 1. The van der Waals surface area contributed by atoms with E-state index in [1.165, 1.54) is 21.8 Å². The van der Waals surface area contributed by atoms with Gasteiger partial charge in [-0.05, 0) is 36.6 Å². The van der Waals surface area contributed by atoms with E-state index in [9.17, 15) is 9.59 Å². The van der Waals surface area contributed by atoms with Gasteiger partial charge in [0.05, 0.1) is 0 Å². The molecule has 0 unspecified atom stereocenters. The van der Waals surface area contributed by atoms with Crippen molar-refractivity contribution in [3.05, 3.63) is 59.4 Å². The minimum atomic E-state index is -1.03. The first kappa shape index (κ1) is 14.8. The summed E-state index contributed by atoms with van der Waals surface area (Å²) < 4.78 is 1.42. The Hall–Kier alpha value is -2.56. The van der Waals surface area contributed by atoms with Crippen LogP contribution < -0.4 is 5.32 Å². The number of carbonyl (C=O) groups is 2. The van der Waals surface area contributed by atoms with Crippen LogP contribution in [0.1, 0.15) is 21.6 Å². The lowest BCUT2D eigenvalue weighted by Gasteiger charge is -2.09. The van der Waals surface area contributed by atoms with Crippen LogP contribution in [0.2, 0.25) is 0 Å². The standard InChI is InChI=1S/C16H18N2O3/c1-12-5-2-3-6-13(12)8-9-17-15(19)11-18-10-4-7-14(18)16(20)21/h2-7,10H,8-9,11H2,1H3,(H,17,19)(H,20,21). The van der Waals surface area contributed by atoms with Crippen molar-refractivity contribution in [3.63, 3.8) is 0 Å². The van der Waals surface area contributed by atoms with Gasteiger partial charge >= 0.3 is 5.97 Å². The summed E-state index contributed by atoms with van der Waals surface area (Å²) in [4.78, 5) is 22.8. The zero-order valence-electron chi connectivity index (χ0n) is 11.9. The monoisotopic (exact) mass is 286 g/mol. The smallest absolute Gasteiger partial charge is 0.352 e. The molecule has 0 saturated carbocycles. The average molecular weight is 286 g/mol. The maximum atomic E-state index is 11.8. The van der Waals surface area contributed by atoms with Crippen molar-refractivity contribution in [3.8, 4) is 0 Å². The lowest BCUT2D eigenvalue weighted by atomic mass is 10.1. The first-order valence-corrected chi connectivity index (χ1v) is 6.77. The van der Waals surface area contributed by atoms with Crippen molar-refractivity contribution in [2.24, 2.45) is 0 Å². The number of nitrogens with zero attached hydrogens (tertiary/aromatic N) is 1. The van der Waals surface area contributed by atoms with Crippen LogP contribution in [-0.4, -0.2) is 28.1 Å². The van der Waals surface area contributed by atoms with Gasteiger partial charge in [0.15, 0.2) is 0 Å². The van der Waals surface area contributed by atoms with Crippen LogP contribution in [0.5, 0.6) is 0 Å². The molecule has 1 aromatic carbocycles. The Morgan fingerprint density at radius 3 is 2.67 bits per heavy atom. The number of carbonyl (C=O) groups excluding carboxylic acids is 1. The summed E-state index contributed by atoms with van der Waals surface area (Å²) in [6, 6.07) is 11.1. The van der Waals surface area contributed by atoms with Crippen molar-refractivity contribution < 1.29 is 14.7 Å². The maximum Gasteiger partial charge on any atom is 0.352 e. The molecule has 0 atom stereocenters. The molecule has 0 radical (unpaired) electrons. The Labute approximate surface area is 123 Å². The number of carboxylic acids is 1. The predicted octanol–water partition coefficient (Wildman–Crippen LogP) is 1.85. The number of benzene rings is 1. The predicted molar refractivity (Wildman–Crippen MR) is 79.3 cm³/mol. The van der Waals surface area contributed by atoms with Gasteiger partial charge in [-0.15, -0.1) is 0 Å². The highest BCUT2D eigenvalue weighted by Crippen LogP contribution is 2.07. The molecular weight excluding hydrogens is 268 g/mol. The molecule has 0 spiro atoms. The minimum Gasteiger partial charge on any atom is -0.477 e. The van der Waals surface area contributed by atoms with Crippen molar-refractivity contribution in [1.82, 2.24) is 9.88 Å². The number of aromatic nitrogens is 1. The summed E-state index contributed by atoms with van der Waals surface area (Å²) >= 11 is 0. The average Bonchev–Trinajstić information content (AvgIpc) is 2.89. The Balaban J connectivity index is 1.84. The second kappa shape index (κ2) is 6.74. The van der Waals surface area contributed by atoms with Crippen molar-refractivity contribution in [1.29, 1.82) is 0 Å². The van der Waals surface area contributed by atoms with Gasteiger partial charge in [-0.1, -0.05) is 24.3 Å². The van der Waals surface area contributed by atoms with E-state index in [0.717, 1.165) is 6.42 Å². The Morgan fingerprint density at radius 2 is 1.95 bits per heavy atom. The largest absolute Gasteiger partial charge is 0.477 e. The summed E-state index contributed by atoms with van der Waals surface area (Å²) in [7, 11) is 0. The van der Waals surface area contributed by atoms with Gasteiger partial charge in [0.2, 0.25) is 5.91 Å². The zero-order valence-corrected chi connectivity index (χ0v) is 11.9. The summed E-state index contributed by atoms with van der Waals surface area (Å²) in [5.41, 5.74) is 2.51. The van der Waals surface area contributed by atoms with Crippen molar-refractivity contribution in [2.45, 2.75) is 19.9 Å². The fourth-order valence-electron chi connectivity index (χ4n) is 2.18. The van der Waals surface area contributed by atoms with Gasteiger partial charge in [0, 0.05) is 12.7 Å². The highest BCUT2D eigenvalue weighted by atomic mass is 16.4. The second-order valence-corrected chi connectivity index (χ2v) is 4.85. The lowest BCUT2D eigenvalue weighted by Crippen LogP contribution is -2.30. The topological polar surface area (TPSA) is 71.3 Å². The maximum absolute atomic E-state index is 11.8. The van der Waals surface area contributed by atoms with Crippen LogP contribution in [-0.2, 0) is 17.8 Å². The van der Waals surface area contributed by atoms with E-state index in [2.05, 4.69) is 5.32 Å². The molecular formula is C16H18N2O3. The van der Waals surface area contributed by atoms with Crippen LogP contribution >= 0.6 is 0 Å². The van der Waals surface area contributed by atoms with Crippen LogP contribution in [0.4, 0.5) is 0 Å². The van der Waals surface area contributed by atoms with Crippen LogP contribution in [0.3, 0.4) is 0 Å². The third kappa shape index (κ3) is 3.95. The van der Waals surface area contributed by atoms with E-state index in [-0.39, 0.29) is 18.1 Å². The number of rotatable bonds is 6. The molecule has 0 saturated heterocycles. The normalized spacial score (nSPS) is 10.3. The molecule has 0 fully saturated rings. The fraction of sp³-hybridized carbons (Fsp3) is 0.250.